The summed E-state index contributed by atoms with van der Waals surface area (Å²) in [5.41, 5.74) is 2.79. The molecule has 0 radical (unpaired) electrons. The van der Waals surface area contributed by atoms with Gasteiger partial charge in [0.2, 0.25) is 11.7 Å². The monoisotopic (exact) mass is 832 g/mol. The average molecular weight is 833 g/mol. The number of imidazole rings is 1. The van der Waals surface area contributed by atoms with Crippen molar-refractivity contribution in [2.75, 3.05) is 32.5 Å². The van der Waals surface area contributed by atoms with Crippen LogP contribution in [0.5, 0.6) is 0 Å². The van der Waals surface area contributed by atoms with Crippen LogP contribution in [-0.4, -0.2) is 120 Å². The molecule has 5 aromatic rings. The number of hydrogen-bond acceptors (Lipinski definition) is 12. The first-order chi connectivity index (χ1) is 28.7. The minimum absolute atomic E-state index is 0.00259. The number of carbonyl (C=O) groups is 3. The molecule has 2 amide bonds. The fourth-order valence-corrected chi connectivity index (χ4v) is 7.96. The van der Waals surface area contributed by atoms with Crippen LogP contribution in [0.2, 0.25) is 0 Å². The maximum absolute atomic E-state index is 14.0. The Kier molecular flexibility index (Phi) is 12.8. The number of alkyl halides is 3. The van der Waals surface area contributed by atoms with E-state index in [1.165, 1.54) is 23.4 Å². The van der Waals surface area contributed by atoms with Gasteiger partial charge in [0.15, 0.2) is 11.5 Å². The van der Waals surface area contributed by atoms with Crippen molar-refractivity contribution >= 4 is 34.8 Å². The molecular formula is C41H47F3N10O6. The van der Waals surface area contributed by atoms with Crippen LogP contribution in [0.1, 0.15) is 77.4 Å². The normalized spacial score (nSPS) is 21.9. The number of esters is 1. The maximum Gasteiger partial charge on any atom is 0.490 e. The topological polar surface area (TPSA) is 202 Å². The average Bonchev–Trinajstić information content (AvgIpc) is 3.95. The fraction of sp³-hybridized carbons (Fsp3) is 0.439. The van der Waals surface area contributed by atoms with E-state index in [1.54, 1.807) is 9.47 Å². The first-order valence-electron chi connectivity index (χ1n) is 19.7. The minimum atomic E-state index is -5.15. The minimum Gasteiger partial charge on any atom is -0.454 e. The number of aromatic nitrogens is 6. The van der Waals surface area contributed by atoms with E-state index < -0.39 is 49.0 Å². The lowest BCUT2D eigenvalue weighted by Gasteiger charge is -2.29. The number of aliphatic hydroxyl groups is 2. The molecule has 19 heteroatoms. The number of amides is 2. The molecule has 0 bridgehead atoms. The van der Waals surface area contributed by atoms with Crippen molar-refractivity contribution < 1.29 is 42.5 Å². The van der Waals surface area contributed by atoms with Gasteiger partial charge >= 0.3 is 12.1 Å². The zero-order valence-electron chi connectivity index (χ0n) is 33.0. The van der Waals surface area contributed by atoms with Crippen molar-refractivity contribution in [3.63, 3.8) is 0 Å². The molecule has 60 heavy (non-hydrogen) atoms. The van der Waals surface area contributed by atoms with Gasteiger partial charge in [-0.15, -0.1) is 0 Å². The number of benzene rings is 2. The number of aliphatic hydroxyl groups excluding tert-OH is 2. The number of rotatable bonds is 14. The van der Waals surface area contributed by atoms with Gasteiger partial charge in [0.1, 0.15) is 24.3 Å². The summed E-state index contributed by atoms with van der Waals surface area (Å²) in [5.74, 6) is -2.89. The first-order valence-corrected chi connectivity index (χ1v) is 19.7. The molecule has 3 aromatic heterocycles. The van der Waals surface area contributed by atoms with E-state index in [9.17, 15) is 37.8 Å². The third-order valence-electron chi connectivity index (χ3n) is 11.0. The molecule has 318 valence electrons. The summed E-state index contributed by atoms with van der Waals surface area (Å²) in [5, 5.41) is 36.3. The number of halogens is 3. The van der Waals surface area contributed by atoms with E-state index >= 15 is 0 Å². The quantitative estimate of drug-likeness (QED) is 0.102. The van der Waals surface area contributed by atoms with E-state index in [1.807, 2.05) is 74.8 Å². The zero-order valence-corrected chi connectivity index (χ0v) is 33.0. The number of fused-ring (bicyclic) bond motifs is 1. The molecule has 2 aliphatic carbocycles. The summed E-state index contributed by atoms with van der Waals surface area (Å²) in [6.45, 7) is -0.0408. The lowest BCUT2D eigenvalue weighted by molar-refractivity contribution is -0.201. The van der Waals surface area contributed by atoms with Crippen LogP contribution in [0.3, 0.4) is 0 Å². The Bertz CT molecular complexity index is 2220. The summed E-state index contributed by atoms with van der Waals surface area (Å²) < 4.78 is 45.2. The summed E-state index contributed by atoms with van der Waals surface area (Å²) in [4.78, 5) is 53.3. The predicted octanol–water partition coefficient (Wildman–Crippen LogP) is 3.50. The van der Waals surface area contributed by atoms with Gasteiger partial charge < -0.3 is 40.4 Å². The van der Waals surface area contributed by atoms with E-state index in [0.29, 0.717) is 37.7 Å². The molecule has 0 aliphatic heterocycles. The lowest BCUT2D eigenvalue weighted by atomic mass is 9.91. The summed E-state index contributed by atoms with van der Waals surface area (Å²) >= 11 is 0. The molecule has 16 nitrogen and oxygen atoms in total. The van der Waals surface area contributed by atoms with Crippen molar-refractivity contribution in [3.05, 3.63) is 102 Å². The molecule has 2 saturated carbocycles. The summed E-state index contributed by atoms with van der Waals surface area (Å²) in [6.07, 6.45) is -1.17. The second-order valence-electron chi connectivity index (χ2n) is 15.6. The molecular weight excluding hydrogens is 786 g/mol. The van der Waals surface area contributed by atoms with Gasteiger partial charge in [-0.1, -0.05) is 60.7 Å². The number of nitrogens with zero attached hydrogens (tertiary/aromatic N) is 7. The highest BCUT2D eigenvalue weighted by Gasteiger charge is 2.45. The highest BCUT2D eigenvalue weighted by molar-refractivity contribution is 5.94. The Labute approximate surface area is 343 Å². The van der Waals surface area contributed by atoms with Crippen LogP contribution in [0.25, 0.3) is 11.2 Å². The van der Waals surface area contributed by atoms with Crippen LogP contribution < -0.4 is 16.0 Å². The van der Waals surface area contributed by atoms with E-state index in [-0.39, 0.29) is 59.7 Å². The van der Waals surface area contributed by atoms with E-state index in [4.69, 9.17) is 0 Å². The highest BCUT2D eigenvalue weighted by atomic mass is 19.4. The van der Waals surface area contributed by atoms with Gasteiger partial charge in [0, 0.05) is 36.3 Å². The second kappa shape index (κ2) is 18.1. The van der Waals surface area contributed by atoms with Gasteiger partial charge in [-0.25, -0.2) is 19.7 Å². The number of likely N-dealkylation sites (N-methyl/N-ethyl adjacent to an activating group) is 1. The molecule has 2 unspecified atom stereocenters. The van der Waals surface area contributed by atoms with Crippen molar-refractivity contribution in [1.82, 2.24) is 44.8 Å². The lowest BCUT2D eigenvalue weighted by Crippen LogP contribution is -2.45. The predicted molar refractivity (Wildman–Crippen MR) is 212 cm³/mol. The number of hydrogen-bond donors (Lipinski definition) is 5. The van der Waals surface area contributed by atoms with Crippen LogP contribution in [-0.2, 0) is 20.9 Å². The zero-order chi connectivity index (χ0) is 42.6. The summed E-state index contributed by atoms with van der Waals surface area (Å²) in [7, 11) is 3.66. The summed E-state index contributed by atoms with van der Waals surface area (Å²) in [6, 6.07) is 18.0. The van der Waals surface area contributed by atoms with Crippen LogP contribution in [0, 0.1) is 0 Å². The maximum atomic E-state index is 14.0. The van der Waals surface area contributed by atoms with Gasteiger partial charge in [-0.3, -0.25) is 14.3 Å². The number of anilines is 1. The largest absolute Gasteiger partial charge is 0.490 e. The van der Waals surface area contributed by atoms with Crippen molar-refractivity contribution in [3.8, 4) is 0 Å². The van der Waals surface area contributed by atoms with E-state index in [2.05, 4.69) is 40.7 Å². The Morgan fingerprint density at radius 2 is 1.52 bits per heavy atom. The van der Waals surface area contributed by atoms with Gasteiger partial charge in [-0.05, 0) is 57.3 Å². The fourth-order valence-electron chi connectivity index (χ4n) is 7.96. The van der Waals surface area contributed by atoms with E-state index in [0.717, 1.165) is 11.1 Å². The van der Waals surface area contributed by atoms with Crippen molar-refractivity contribution in [2.45, 2.75) is 87.2 Å². The molecule has 0 spiro atoms. The smallest absolute Gasteiger partial charge is 0.454 e. The third-order valence-corrected chi connectivity index (χ3v) is 11.0. The van der Waals surface area contributed by atoms with Crippen LogP contribution in [0.15, 0.2) is 79.4 Å². The Morgan fingerprint density at radius 1 is 0.900 bits per heavy atom. The van der Waals surface area contributed by atoms with Crippen LogP contribution in [0.4, 0.5) is 19.0 Å². The molecule has 3 heterocycles. The third kappa shape index (κ3) is 9.75. The SMILES string of the molecule is CN(C)CC(=O)NC1CCC(NC(=O)c2nc(NCC(c3ccccc3)c3ccccc3)c3ncn([C@@H]4C[C@H](n5cc(COC(=O)C(F)(F)F)cn5)C(O)C4O)c3n2)CC1. The molecule has 4 atom stereocenters. The van der Waals surface area contributed by atoms with Crippen molar-refractivity contribution in [1.29, 1.82) is 0 Å². The van der Waals surface area contributed by atoms with Gasteiger partial charge in [0.05, 0.1) is 31.2 Å². The molecule has 0 saturated heterocycles. The number of nitrogens with one attached hydrogen (secondary N) is 3. The van der Waals surface area contributed by atoms with Crippen molar-refractivity contribution in [2.24, 2.45) is 0 Å². The highest BCUT2D eigenvalue weighted by Crippen LogP contribution is 2.40. The number of ether oxygens (including phenoxy) is 1. The second-order valence-corrected chi connectivity index (χ2v) is 15.6. The molecule has 2 aromatic carbocycles. The Balaban J connectivity index is 1.15. The molecule has 7 rings (SSSR count). The Hall–Kier alpha value is -5.92. The first kappa shape index (κ1) is 42.2. The molecule has 2 aliphatic rings. The van der Waals surface area contributed by atoms with Crippen LogP contribution >= 0.6 is 0 Å². The molecule has 2 fully saturated rings. The number of carbonyl (C=O) groups excluding carboxylic acids is 3. The van der Waals surface area contributed by atoms with Gasteiger partial charge in [-0.2, -0.15) is 18.3 Å². The Morgan fingerprint density at radius 3 is 2.13 bits per heavy atom. The van der Waals surface area contributed by atoms with Gasteiger partial charge in [0.25, 0.3) is 5.91 Å². The molecule has 5 N–H and O–H groups in total. The standard InChI is InChI=1S/C41H47F3N10O6/c1-52(2)21-32(55)48-27-13-15-28(16-14-27)49-39(58)37-50-36(45-19-29(25-9-5-3-6-10-25)26-11-7-4-8-12-26)33-38(51-37)53(23-46-33)30-17-31(35(57)34(30)56)54-20-24(18-47-54)22-60-40(59)41(42,43)44/h3-12,18,20,23,27-31,34-35,56-57H,13-17,19,21-22H2,1-2H3,(H,48,55)(H,49,58)(H,45,50,51)/t27?,28?,30-,31+,34?,35?/m1/s1.